The minimum atomic E-state index is -0.126. The van der Waals surface area contributed by atoms with Crippen molar-refractivity contribution >= 4 is 24.0 Å². The molecule has 0 aromatic heterocycles. The molecule has 0 saturated heterocycles. The molecular formula is C29H38N2O6. The lowest BCUT2D eigenvalue weighted by atomic mass is 10.1. The van der Waals surface area contributed by atoms with E-state index in [1.807, 2.05) is 24.3 Å². The van der Waals surface area contributed by atoms with E-state index in [0.29, 0.717) is 36.1 Å². The second-order valence-electron chi connectivity index (χ2n) is 8.25. The Labute approximate surface area is 219 Å². The summed E-state index contributed by atoms with van der Waals surface area (Å²) in [6.07, 6.45) is 11.4. The molecule has 2 amide bonds. The summed E-state index contributed by atoms with van der Waals surface area (Å²) < 4.78 is 21.0. The van der Waals surface area contributed by atoms with Gasteiger partial charge in [-0.05, 0) is 60.4 Å². The van der Waals surface area contributed by atoms with Crippen LogP contribution < -0.4 is 29.6 Å². The summed E-state index contributed by atoms with van der Waals surface area (Å²) in [6.45, 7) is 1.26. The van der Waals surface area contributed by atoms with Crippen LogP contribution in [0.4, 0.5) is 0 Å². The van der Waals surface area contributed by atoms with Crippen molar-refractivity contribution in [3.8, 4) is 23.0 Å². The van der Waals surface area contributed by atoms with E-state index in [9.17, 15) is 9.59 Å². The molecule has 0 radical (unpaired) electrons. The van der Waals surface area contributed by atoms with Gasteiger partial charge in [0.1, 0.15) is 0 Å². The van der Waals surface area contributed by atoms with Crippen molar-refractivity contribution in [3.63, 3.8) is 0 Å². The van der Waals surface area contributed by atoms with Crippen LogP contribution in [0, 0.1) is 0 Å². The molecule has 0 aliphatic heterocycles. The smallest absolute Gasteiger partial charge is 0.243 e. The fourth-order valence-electron chi connectivity index (χ4n) is 3.58. The average molecular weight is 511 g/mol. The molecule has 0 bridgehead atoms. The molecule has 0 fully saturated rings. The number of benzene rings is 2. The first-order chi connectivity index (χ1) is 18.0. The summed E-state index contributed by atoms with van der Waals surface area (Å²) in [4.78, 5) is 24.1. The van der Waals surface area contributed by atoms with Crippen LogP contribution in [0.1, 0.15) is 43.2 Å². The first-order valence-corrected chi connectivity index (χ1v) is 12.4. The number of nitrogens with one attached hydrogen (secondary N) is 2. The number of carbonyl (C=O) groups is 2. The van der Waals surface area contributed by atoms with E-state index < -0.39 is 0 Å². The standard InChI is InChI=1S/C29H38N2O6/c1-34-24-14-10-22(20-26(24)36-3)12-16-28(32)30-18-8-6-5-7-9-19-31-29(33)17-13-23-11-15-25(35-2)27(21-23)37-4/h10-17,20-21H,5-9,18-19H2,1-4H3,(H,30,32)(H,31,33)/b16-12+,17-13+. The topological polar surface area (TPSA) is 95.1 Å². The molecule has 37 heavy (non-hydrogen) atoms. The van der Waals surface area contributed by atoms with Gasteiger partial charge in [-0.2, -0.15) is 0 Å². The monoisotopic (exact) mass is 510 g/mol. The van der Waals surface area contributed by atoms with Crippen molar-refractivity contribution in [1.29, 1.82) is 0 Å². The summed E-state index contributed by atoms with van der Waals surface area (Å²) >= 11 is 0. The van der Waals surface area contributed by atoms with E-state index in [1.165, 1.54) is 12.2 Å². The van der Waals surface area contributed by atoms with Crippen molar-refractivity contribution in [3.05, 3.63) is 59.7 Å². The van der Waals surface area contributed by atoms with Gasteiger partial charge in [0.15, 0.2) is 23.0 Å². The highest BCUT2D eigenvalue weighted by Crippen LogP contribution is 2.28. The largest absolute Gasteiger partial charge is 0.493 e. The Morgan fingerprint density at radius 2 is 0.973 bits per heavy atom. The van der Waals surface area contributed by atoms with E-state index in [-0.39, 0.29) is 11.8 Å². The fourth-order valence-corrected chi connectivity index (χ4v) is 3.58. The summed E-state index contributed by atoms with van der Waals surface area (Å²) in [7, 11) is 6.33. The number of carbonyl (C=O) groups excluding carboxylic acids is 2. The number of methoxy groups -OCH3 is 4. The molecule has 8 nitrogen and oxygen atoms in total. The summed E-state index contributed by atoms with van der Waals surface area (Å²) in [5.41, 5.74) is 1.72. The number of hydrogen-bond donors (Lipinski definition) is 2. The molecule has 0 unspecified atom stereocenters. The SMILES string of the molecule is COc1ccc(/C=C/C(=O)NCCCCCCCNC(=O)/C=C/c2ccc(OC)c(OC)c2)cc1OC. The van der Waals surface area contributed by atoms with Crippen molar-refractivity contribution in [2.75, 3.05) is 41.5 Å². The molecular weight excluding hydrogens is 472 g/mol. The molecule has 2 N–H and O–H groups in total. The van der Waals surface area contributed by atoms with Gasteiger partial charge in [-0.15, -0.1) is 0 Å². The third-order valence-corrected chi connectivity index (χ3v) is 5.62. The Balaban J connectivity index is 1.54. The third kappa shape index (κ3) is 10.7. The first kappa shape index (κ1) is 29.3. The highest BCUT2D eigenvalue weighted by atomic mass is 16.5. The van der Waals surface area contributed by atoms with Crippen LogP contribution in [0.25, 0.3) is 12.2 Å². The van der Waals surface area contributed by atoms with E-state index in [2.05, 4.69) is 10.6 Å². The second-order valence-corrected chi connectivity index (χ2v) is 8.25. The van der Waals surface area contributed by atoms with Crippen LogP contribution in [0.15, 0.2) is 48.6 Å². The molecule has 0 heterocycles. The zero-order valence-corrected chi connectivity index (χ0v) is 22.2. The second kappa shape index (κ2) is 16.7. The molecule has 2 rings (SSSR count). The summed E-state index contributed by atoms with van der Waals surface area (Å²) in [6, 6.07) is 11.0. The maximum Gasteiger partial charge on any atom is 0.243 e. The Bertz CT molecular complexity index is 981. The predicted molar refractivity (Wildman–Crippen MR) is 146 cm³/mol. The number of unbranched alkanes of at least 4 members (excludes halogenated alkanes) is 4. The minimum Gasteiger partial charge on any atom is -0.493 e. The van der Waals surface area contributed by atoms with Crippen LogP contribution in [0.2, 0.25) is 0 Å². The van der Waals surface area contributed by atoms with Crippen molar-refractivity contribution in [1.82, 2.24) is 10.6 Å². The van der Waals surface area contributed by atoms with Crippen LogP contribution in [0.3, 0.4) is 0 Å². The van der Waals surface area contributed by atoms with Crippen molar-refractivity contribution in [2.24, 2.45) is 0 Å². The van der Waals surface area contributed by atoms with Gasteiger partial charge in [-0.25, -0.2) is 0 Å². The highest BCUT2D eigenvalue weighted by Gasteiger charge is 2.04. The van der Waals surface area contributed by atoms with Gasteiger partial charge in [-0.1, -0.05) is 31.4 Å². The maximum atomic E-state index is 12.0. The molecule has 8 heteroatoms. The van der Waals surface area contributed by atoms with Gasteiger partial charge in [0.25, 0.3) is 0 Å². The molecule has 0 aliphatic carbocycles. The van der Waals surface area contributed by atoms with Gasteiger partial charge in [0.2, 0.25) is 11.8 Å². The van der Waals surface area contributed by atoms with E-state index in [1.54, 1.807) is 52.7 Å². The van der Waals surface area contributed by atoms with E-state index in [4.69, 9.17) is 18.9 Å². The van der Waals surface area contributed by atoms with Gasteiger partial charge >= 0.3 is 0 Å². The molecule has 2 aromatic rings. The highest BCUT2D eigenvalue weighted by molar-refractivity contribution is 5.92. The normalized spacial score (nSPS) is 10.9. The van der Waals surface area contributed by atoms with Gasteiger partial charge in [0.05, 0.1) is 28.4 Å². The summed E-state index contributed by atoms with van der Waals surface area (Å²) in [5.74, 6) is 2.28. The van der Waals surface area contributed by atoms with Crippen molar-refractivity contribution in [2.45, 2.75) is 32.1 Å². The van der Waals surface area contributed by atoms with Gasteiger partial charge < -0.3 is 29.6 Å². The van der Waals surface area contributed by atoms with Crippen LogP contribution in [-0.4, -0.2) is 53.3 Å². The number of ether oxygens (including phenoxy) is 4. The Hall–Kier alpha value is -3.94. The molecule has 0 aliphatic rings. The van der Waals surface area contributed by atoms with E-state index >= 15 is 0 Å². The lowest BCUT2D eigenvalue weighted by Crippen LogP contribution is -2.22. The third-order valence-electron chi connectivity index (χ3n) is 5.62. The van der Waals surface area contributed by atoms with Gasteiger partial charge in [0, 0.05) is 25.2 Å². The lowest BCUT2D eigenvalue weighted by Gasteiger charge is -2.07. The minimum absolute atomic E-state index is 0.126. The molecule has 0 atom stereocenters. The molecule has 200 valence electrons. The lowest BCUT2D eigenvalue weighted by molar-refractivity contribution is -0.117. The van der Waals surface area contributed by atoms with Crippen molar-refractivity contribution < 1.29 is 28.5 Å². The zero-order valence-electron chi connectivity index (χ0n) is 22.2. The first-order valence-electron chi connectivity index (χ1n) is 12.4. The van der Waals surface area contributed by atoms with Crippen LogP contribution in [-0.2, 0) is 9.59 Å². The van der Waals surface area contributed by atoms with E-state index in [0.717, 1.165) is 43.2 Å². The average Bonchev–Trinajstić information content (AvgIpc) is 2.93. The number of amides is 2. The number of hydrogen-bond acceptors (Lipinski definition) is 6. The Morgan fingerprint density at radius 1 is 0.595 bits per heavy atom. The number of rotatable bonds is 16. The maximum absolute atomic E-state index is 12.0. The van der Waals surface area contributed by atoms with Gasteiger partial charge in [-0.3, -0.25) is 9.59 Å². The zero-order chi connectivity index (χ0) is 26.9. The molecule has 2 aromatic carbocycles. The molecule has 0 saturated carbocycles. The molecule has 0 spiro atoms. The Kier molecular flexibility index (Phi) is 13.2. The van der Waals surface area contributed by atoms with Crippen LogP contribution >= 0.6 is 0 Å². The summed E-state index contributed by atoms with van der Waals surface area (Å²) in [5, 5.41) is 5.80. The fraction of sp³-hybridized carbons (Fsp3) is 0.379. The van der Waals surface area contributed by atoms with Crippen LogP contribution in [0.5, 0.6) is 23.0 Å². The predicted octanol–water partition coefficient (Wildman–Crippen LogP) is 4.63. The quantitative estimate of drug-likeness (QED) is 0.253. The Morgan fingerprint density at radius 3 is 1.35 bits per heavy atom.